The van der Waals surface area contributed by atoms with Crippen LogP contribution in [-0.2, 0) is 4.79 Å². The van der Waals surface area contributed by atoms with E-state index in [1.54, 1.807) is 27.5 Å². The zero-order valence-corrected chi connectivity index (χ0v) is 19.8. The van der Waals surface area contributed by atoms with Gasteiger partial charge in [0, 0.05) is 35.1 Å². The molecule has 3 heterocycles. The summed E-state index contributed by atoms with van der Waals surface area (Å²) in [5, 5.41) is 16.0. The van der Waals surface area contributed by atoms with E-state index in [0.717, 1.165) is 22.4 Å². The van der Waals surface area contributed by atoms with E-state index < -0.39 is 0 Å². The Morgan fingerprint density at radius 3 is 2.60 bits per heavy atom. The second-order valence-electron chi connectivity index (χ2n) is 8.05. The number of carbonyl (C=O) groups is 1. The van der Waals surface area contributed by atoms with Crippen LogP contribution in [0.1, 0.15) is 29.2 Å². The lowest BCUT2D eigenvalue weighted by molar-refractivity contribution is -0.116. The lowest BCUT2D eigenvalue weighted by Crippen LogP contribution is -2.25. The van der Waals surface area contributed by atoms with Crippen LogP contribution in [0.15, 0.2) is 48.7 Å². The maximum atomic E-state index is 12.8. The standard InChI is InChI=1S/C25H24N6O4/c1-14-23-19(18-9-8-17(34-3)11-21(18)35-4)12-22(32)28-24(23)31(30-14)25-27-20(13-26-29-25)15-6-5-7-16(10-15)33-2/h5-11,13,19H,12H2,1-4H3,(H,28,32)/t19-/m0/s1. The van der Waals surface area contributed by atoms with Crippen LogP contribution in [0, 0.1) is 6.92 Å². The van der Waals surface area contributed by atoms with E-state index in [1.807, 2.05) is 49.4 Å². The Bertz CT molecular complexity index is 1420. The third-order valence-corrected chi connectivity index (χ3v) is 6.02. The van der Waals surface area contributed by atoms with Crippen molar-refractivity contribution in [3.05, 3.63) is 65.5 Å². The topological polar surface area (TPSA) is 113 Å². The smallest absolute Gasteiger partial charge is 0.272 e. The molecule has 0 saturated carbocycles. The van der Waals surface area contributed by atoms with E-state index in [-0.39, 0.29) is 24.2 Å². The lowest BCUT2D eigenvalue weighted by atomic mass is 9.85. The predicted molar refractivity (Wildman–Crippen MR) is 128 cm³/mol. The first-order valence-corrected chi connectivity index (χ1v) is 11.0. The van der Waals surface area contributed by atoms with Crippen molar-refractivity contribution in [1.82, 2.24) is 25.0 Å². The van der Waals surface area contributed by atoms with E-state index in [2.05, 4.69) is 25.6 Å². The fraction of sp³-hybridized carbons (Fsp3) is 0.240. The summed E-state index contributed by atoms with van der Waals surface area (Å²) in [5.74, 6) is 2.38. The number of aromatic nitrogens is 5. The van der Waals surface area contributed by atoms with Crippen molar-refractivity contribution in [3.8, 4) is 34.5 Å². The van der Waals surface area contributed by atoms with E-state index in [0.29, 0.717) is 28.8 Å². The molecule has 178 valence electrons. The zero-order chi connectivity index (χ0) is 24.5. The Labute approximate surface area is 201 Å². The van der Waals surface area contributed by atoms with Crippen LogP contribution in [0.25, 0.3) is 17.2 Å². The van der Waals surface area contributed by atoms with Gasteiger partial charge in [-0.05, 0) is 25.1 Å². The highest BCUT2D eigenvalue weighted by Crippen LogP contribution is 2.43. The largest absolute Gasteiger partial charge is 0.497 e. The Hall–Kier alpha value is -4.47. The molecule has 35 heavy (non-hydrogen) atoms. The molecular weight excluding hydrogens is 448 g/mol. The highest BCUT2D eigenvalue weighted by Gasteiger charge is 2.35. The van der Waals surface area contributed by atoms with E-state index >= 15 is 0 Å². The average Bonchev–Trinajstić information content (AvgIpc) is 3.23. The predicted octanol–water partition coefficient (Wildman–Crippen LogP) is 3.53. The van der Waals surface area contributed by atoms with Gasteiger partial charge in [0.05, 0.1) is 38.9 Å². The second kappa shape index (κ2) is 9.05. The number of hydrogen-bond donors (Lipinski definition) is 1. The summed E-state index contributed by atoms with van der Waals surface area (Å²) in [6, 6.07) is 13.1. The summed E-state index contributed by atoms with van der Waals surface area (Å²) in [6.45, 7) is 1.90. The van der Waals surface area contributed by atoms with Crippen molar-refractivity contribution < 1.29 is 19.0 Å². The lowest BCUT2D eigenvalue weighted by Gasteiger charge is -2.25. The van der Waals surface area contributed by atoms with Gasteiger partial charge in [0.1, 0.15) is 23.1 Å². The van der Waals surface area contributed by atoms with Crippen molar-refractivity contribution in [3.63, 3.8) is 0 Å². The Morgan fingerprint density at radius 1 is 1.03 bits per heavy atom. The second-order valence-corrected chi connectivity index (χ2v) is 8.05. The van der Waals surface area contributed by atoms with Crippen molar-refractivity contribution in [2.24, 2.45) is 0 Å². The molecule has 4 aromatic rings. The Morgan fingerprint density at radius 2 is 1.83 bits per heavy atom. The normalized spacial score (nSPS) is 14.7. The van der Waals surface area contributed by atoms with E-state index in [9.17, 15) is 4.79 Å². The molecule has 0 bridgehead atoms. The minimum atomic E-state index is -0.261. The van der Waals surface area contributed by atoms with Gasteiger partial charge in [0.15, 0.2) is 0 Å². The van der Waals surface area contributed by atoms with E-state index in [4.69, 9.17) is 14.2 Å². The number of methoxy groups -OCH3 is 3. The number of carbonyl (C=O) groups excluding carboxylic acids is 1. The van der Waals surface area contributed by atoms with Gasteiger partial charge in [0.2, 0.25) is 5.91 Å². The van der Waals surface area contributed by atoms with Crippen LogP contribution in [0.2, 0.25) is 0 Å². The summed E-state index contributed by atoms with van der Waals surface area (Å²) < 4.78 is 17.8. The molecule has 0 unspecified atom stereocenters. The van der Waals surface area contributed by atoms with Crippen LogP contribution < -0.4 is 19.5 Å². The van der Waals surface area contributed by atoms with Gasteiger partial charge in [-0.2, -0.15) is 14.9 Å². The van der Waals surface area contributed by atoms with Gasteiger partial charge in [-0.1, -0.05) is 18.2 Å². The Kier molecular flexibility index (Phi) is 5.77. The fourth-order valence-corrected chi connectivity index (χ4v) is 4.37. The molecule has 2 aromatic carbocycles. The number of anilines is 1. The molecule has 1 amide bonds. The van der Waals surface area contributed by atoms with Crippen molar-refractivity contribution >= 4 is 11.7 Å². The van der Waals surface area contributed by atoms with Crippen molar-refractivity contribution in [1.29, 1.82) is 0 Å². The molecule has 1 aliphatic heterocycles. The zero-order valence-electron chi connectivity index (χ0n) is 19.8. The molecule has 0 fully saturated rings. The van der Waals surface area contributed by atoms with Crippen molar-refractivity contribution in [2.45, 2.75) is 19.3 Å². The summed E-state index contributed by atoms with van der Waals surface area (Å²) >= 11 is 0. The number of nitrogens with one attached hydrogen (secondary N) is 1. The van der Waals surface area contributed by atoms with E-state index in [1.165, 1.54) is 4.68 Å². The molecule has 5 rings (SSSR count). The minimum Gasteiger partial charge on any atom is -0.497 e. The SMILES string of the molecule is COc1cccc(-c2cnnc(-n3nc(C)c4c3NC(=O)C[C@H]4c3ccc(OC)cc3OC)n2)c1. The highest BCUT2D eigenvalue weighted by atomic mass is 16.5. The number of rotatable bonds is 6. The molecule has 0 spiro atoms. The molecule has 10 heteroatoms. The number of amides is 1. The molecule has 0 aliphatic carbocycles. The van der Waals surface area contributed by atoms with Crippen LogP contribution >= 0.6 is 0 Å². The van der Waals surface area contributed by atoms with Crippen LogP contribution in [-0.4, -0.2) is 52.2 Å². The van der Waals surface area contributed by atoms with Gasteiger partial charge in [0.25, 0.3) is 5.95 Å². The monoisotopic (exact) mass is 472 g/mol. The minimum absolute atomic E-state index is 0.140. The molecule has 1 aliphatic rings. The van der Waals surface area contributed by atoms with Gasteiger partial charge in [-0.3, -0.25) is 4.79 Å². The first-order valence-electron chi connectivity index (χ1n) is 11.0. The van der Waals surface area contributed by atoms with Gasteiger partial charge >= 0.3 is 0 Å². The van der Waals surface area contributed by atoms with Gasteiger partial charge in [-0.15, -0.1) is 5.10 Å². The quantitative estimate of drug-likeness (QED) is 0.453. The summed E-state index contributed by atoms with van der Waals surface area (Å²) in [4.78, 5) is 17.5. The number of hydrogen-bond acceptors (Lipinski definition) is 8. The molecule has 0 saturated heterocycles. The maximum absolute atomic E-state index is 12.8. The molecule has 1 N–H and O–H groups in total. The summed E-state index contributed by atoms with van der Waals surface area (Å²) in [6.07, 6.45) is 1.83. The van der Waals surface area contributed by atoms with Crippen LogP contribution in [0.5, 0.6) is 17.2 Å². The van der Waals surface area contributed by atoms with Crippen molar-refractivity contribution in [2.75, 3.05) is 26.6 Å². The summed E-state index contributed by atoms with van der Waals surface area (Å²) in [5.41, 5.74) is 3.92. The number of fused-ring (bicyclic) bond motifs is 1. The fourth-order valence-electron chi connectivity index (χ4n) is 4.37. The first-order chi connectivity index (χ1) is 17.0. The molecule has 10 nitrogen and oxygen atoms in total. The van der Waals surface area contributed by atoms with Crippen LogP contribution in [0.3, 0.4) is 0 Å². The third kappa shape index (κ3) is 4.03. The first kappa shape index (κ1) is 22.3. The van der Waals surface area contributed by atoms with Crippen LogP contribution in [0.4, 0.5) is 5.82 Å². The maximum Gasteiger partial charge on any atom is 0.272 e. The number of aryl methyl sites for hydroxylation is 1. The van der Waals surface area contributed by atoms with Gasteiger partial charge < -0.3 is 19.5 Å². The number of ether oxygens (including phenoxy) is 3. The highest BCUT2D eigenvalue weighted by molar-refractivity contribution is 5.95. The number of nitrogens with zero attached hydrogens (tertiary/aromatic N) is 5. The molecule has 1 atom stereocenters. The Balaban J connectivity index is 1.61. The molecule has 0 radical (unpaired) electrons. The summed E-state index contributed by atoms with van der Waals surface area (Å²) in [7, 11) is 4.81. The van der Waals surface area contributed by atoms with Gasteiger partial charge in [-0.25, -0.2) is 4.98 Å². The molecular formula is C25H24N6O4. The average molecular weight is 473 g/mol. The number of benzene rings is 2. The third-order valence-electron chi connectivity index (χ3n) is 6.02. The molecule has 2 aromatic heterocycles.